The van der Waals surface area contributed by atoms with E-state index in [1.807, 2.05) is 6.07 Å². The third-order valence-corrected chi connectivity index (χ3v) is 6.99. The molecule has 0 spiro atoms. The second kappa shape index (κ2) is 6.55. The number of hydrogen-bond donors (Lipinski definition) is 2. The molecule has 20 heavy (non-hydrogen) atoms. The molecule has 1 aromatic carbocycles. The van der Waals surface area contributed by atoms with Gasteiger partial charge in [-0.1, -0.05) is 41.9 Å². The summed E-state index contributed by atoms with van der Waals surface area (Å²) in [5.41, 5.74) is 0.695. The number of aliphatic hydroxyl groups is 1. The molecule has 8 heteroatoms. The monoisotopic (exact) mass is 395 g/mol. The van der Waals surface area contributed by atoms with Crippen LogP contribution in [-0.2, 0) is 10.0 Å². The lowest BCUT2D eigenvalue weighted by molar-refractivity contribution is 0.259. The normalized spacial score (nSPS) is 13.3. The molecule has 1 aromatic heterocycles. The molecule has 0 aliphatic heterocycles. The summed E-state index contributed by atoms with van der Waals surface area (Å²) in [6, 6.07) is 9.57. The van der Waals surface area contributed by atoms with E-state index in [9.17, 15) is 13.5 Å². The van der Waals surface area contributed by atoms with Gasteiger partial charge in [0.15, 0.2) is 0 Å². The van der Waals surface area contributed by atoms with Crippen LogP contribution in [0.25, 0.3) is 0 Å². The van der Waals surface area contributed by atoms with Gasteiger partial charge in [-0.25, -0.2) is 13.1 Å². The second-order valence-corrected chi connectivity index (χ2v) is 8.67. The van der Waals surface area contributed by atoms with E-state index < -0.39 is 16.1 Å². The highest BCUT2D eigenvalue weighted by atomic mass is 79.9. The van der Waals surface area contributed by atoms with Gasteiger partial charge in [0.05, 0.1) is 21.5 Å². The van der Waals surface area contributed by atoms with Crippen LogP contribution >= 0.6 is 38.9 Å². The summed E-state index contributed by atoms with van der Waals surface area (Å²) in [7, 11) is -3.73. The molecule has 4 nitrogen and oxygen atoms in total. The van der Waals surface area contributed by atoms with E-state index in [1.165, 1.54) is 6.07 Å². The first-order valence-electron chi connectivity index (χ1n) is 5.57. The van der Waals surface area contributed by atoms with Gasteiger partial charge in [-0.3, -0.25) is 0 Å². The Kier molecular flexibility index (Phi) is 5.22. The first-order valence-corrected chi connectivity index (χ1v) is 9.04. The molecule has 0 bridgehead atoms. The van der Waals surface area contributed by atoms with Gasteiger partial charge in [0.1, 0.15) is 4.21 Å². The zero-order valence-corrected chi connectivity index (χ0v) is 14.1. The minimum atomic E-state index is -3.73. The highest BCUT2D eigenvalue weighted by Gasteiger charge is 2.23. The molecule has 0 aliphatic rings. The smallest absolute Gasteiger partial charge is 0.250 e. The van der Waals surface area contributed by atoms with Crippen LogP contribution < -0.4 is 4.72 Å². The van der Waals surface area contributed by atoms with Crippen LogP contribution in [0.3, 0.4) is 0 Å². The van der Waals surface area contributed by atoms with Gasteiger partial charge >= 0.3 is 0 Å². The maximum atomic E-state index is 12.2. The third kappa shape index (κ3) is 3.60. The van der Waals surface area contributed by atoms with Crippen molar-refractivity contribution in [3.8, 4) is 0 Å². The maximum absolute atomic E-state index is 12.2. The van der Waals surface area contributed by atoms with Crippen molar-refractivity contribution in [1.82, 2.24) is 4.72 Å². The topological polar surface area (TPSA) is 66.4 Å². The molecule has 2 N–H and O–H groups in total. The van der Waals surface area contributed by atoms with Crippen molar-refractivity contribution >= 4 is 48.9 Å². The predicted molar refractivity (Wildman–Crippen MR) is 83.6 cm³/mol. The van der Waals surface area contributed by atoms with E-state index in [0.29, 0.717) is 14.4 Å². The van der Waals surface area contributed by atoms with Gasteiger partial charge in [-0.2, -0.15) is 0 Å². The first-order chi connectivity index (χ1) is 9.44. The number of aliphatic hydroxyl groups excluding tert-OH is 1. The van der Waals surface area contributed by atoms with Crippen molar-refractivity contribution in [2.75, 3.05) is 6.61 Å². The van der Waals surface area contributed by atoms with E-state index in [1.54, 1.807) is 24.3 Å². The SMILES string of the molecule is O=S(=O)(NC(CO)c1ccccc1)c1cc(Cl)c(Br)s1. The molecule has 1 heterocycles. The van der Waals surface area contributed by atoms with Crippen LogP contribution in [0.4, 0.5) is 0 Å². The Morgan fingerprint density at radius 2 is 2.00 bits per heavy atom. The highest BCUT2D eigenvalue weighted by molar-refractivity contribution is 9.11. The van der Waals surface area contributed by atoms with E-state index in [0.717, 1.165) is 11.3 Å². The van der Waals surface area contributed by atoms with E-state index in [-0.39, 0.29) is 10.8 Å². The van der Waals surface area contributed by atoms with Crippen molar-refractivity contribution in [1.29, 1.82) is 0 Å². The number of benzene rings is 1. The molecule has 108 valence electrons. The summed E-state index contributed by atoms with van der Waals surface area (Å²) in [6.45, 7) is -0.330. The average molecular weight is 397 g/mol. The highest BCUT2D eigenvalue weighted by Crippen LogP contribution is 2.35. The standard InChI is InChI=1S/C12H11BrClNO3S2/c13-12-9(14)6-11(19-12)20(17,18)15-10(7-16)8-4-2-1-3-5-8/h1-6,10,15-16H,7H2. The van der Waals surface area contributed by atoms with Crippen LogP contribution in [0.1, 0.15) is 11.6 Å². The second-order valence-electron chi connectivity index (χ2n) is 3.95. The Morgan fingerprint density at radius 1 is 1.35 bits per heavy atom. The molecule has 0 fully saturated rings. The Morgan fingerprint density at radius 3 is 2.50 bits per heavy atom. The molecule has 0 aliphatic carbocycles. The lowest BCUT2D eigenvalue weighted by atomic mass is 10.1. The van der Waals surface area contributed by atoms with Crippen LogP contribution in [0.2, 0.25) is 5.02 Å². The summed E-state index contributed by atoms with van der Waals surface area (Å²) >= 11 is 10.0. The van der Waals surface area contributed by atoms with Gasteiger partial charge in [-0.15, -0.1) is 11.3 Å². The fourth-order valence-corrected chi connectivity index (χ4v) is 5.23. The molecule has 0 saturated heterocycles. The maximum Gasteiger partial charge on any atom is 0.250 e. The number of halogens is 2. The van der Waals surface area contributed by atoms with Crippen LogP contribution in [0.5, 0.6) is 0 Å². The summed E-state index contributed by atoms with van der Waals surface area (Å²) in [6.07, 6.45) is 0. The number of thiophene rings is 1. The van der Waals surface area contributed by atoms with E-state index in [2.05, 4.69) is 20.7 Å². The third-order valence-electron chi connectivity index (χ3n) is 2.57. The Bertz CT molecular complexity index is 668. The number of nitrogens with one attached hydrogen (secondary N) is 1. The number of sulfonamides is 1. The predicted octanol–water partition coefficient (Wildman–Crippen LogP) is 3.18. The summed E-state index contributed by atoms with van der Waals surface area (Å²) < 4.78 is 27.6. The van der Waals surface area contributed by atoms with E-state index >= 15 is 0 Å². The zero-order valence-electron chi connectivity index (χ0n) is 10.1. The van der Waals surface area contributed by atoms with E-state index in [4.69, 9.17) is 11.6 Å². The van der Waals surface area contributed by atoms with Gasteiger partial charge in [0.2, 0.25) is 0 Å². The molecule has 2 aromatic rings. The summed E-state index contributed by atoms with van der Waals surface area (Å²) in [5, 5.41) is 9.73. The van der Waals surface area contributed by atoms with Crippen molar-refractivity contribution in [2.45, 2.75) is 10.3 Å². The number of rotatable bonds is 5. The van der Waals surface area contributed by atoms with Crippen LogP contribution in [0.15, 0.2) is 44.4 Å². The van der Waals surface area contributed by atoms with Crippen molar-refractivity contribution in [3.05, 3.63) is 50.8 Å². The molecule has 1 unspecified atom stereocenters. The Hall–Kier alpha value is -0.440. The molecular weight excluding hydrogens is 386 g/mol. The minimum Gasteiger partial charge on any atom is -0.394 e. The van der Waals surface area contributed by atoms with Crippen molar-refractivity contribution < 1.29 is 13.5 Å². The number of hydrogen-bond acceptors (Lipinski definition) is 4. The molecular formula is C12H11BrClNO3S2. The van der Waals surface area contributed by atoms with Crippen LogP contribution in [0, 0.1) is 0 Å². The lowest BCUT2D eigenvalue weighted by Crippen LogP contribution is -2.30. The zero-order chi connectivity index (χ0) is 14.8. The van der Waals surface area contributed by atoms with Crippen molar-refractivity contribution in [3.63, 3.8) is 0 Å². The van der Waals surface area contributed by atoms with Gasteiger partial charge in [0.25, 0.3) is 10.0 Å². The minimum absolute atomic E-state index is 0.101. The summed E-state index contributed by atoms with van der Waals surface area (Å²) in [5.74, 6) is 0. The molecule has 2 rings (SSSR count). The summed E-state index contributed by atoms with van der Waals surface area (Å²) in [4.78, 5) is 0. The molecule has 0 saturated carbocycles. The molecule has 0 radical (unpaired) electrons. The molecule has 1 atom stereocenters. The Balaban J connectivity index is 2.27. The van der Waals surface area contributed by atoms with Gasteiger partial charge < -0.3 is 5.11 Å². The quantitative estimate of drug-likeness (QED) is 0.816. The van der Waals surface area contributed by atoms with Gasteiger partial charge in [-0.05, 0) is 27.6 Å². The van der Waals surface area contributed by atoms with Crippen LogP contribution in [-0.4, -0.2) is 20.1 Å². The van der Waals surface area contributed by atoms with Gasteiger partial charge in [0, 0.05) is 0 Å². The fourth-order valence-electron chi connectivity index (χ4n) is 1.60. The average Bonchev–Trinajstić information content (AvgIpc) is 2.78. The largest absolute Gasteiger partial charge is 0.394 e. The Labute approximate surface area is 134 Å². The lowest BCUT2D eigenvalue weighted by Gasteiger charge is -2.16. The molecule has 0 amide bonds. The first kappa shape index (κ1) is 15.9. The fraction of sp³-hybridized carbons (Fsp3) is 0.167. The van der Waals surface area contributed by atoms with Crippen molar-refractivity contribution in [2.24, 2.45) is 0 Å².